The zero-order valence-electron chi connectivity index (χ0n) is 43.0. The highest BCUT2D eigenvalue weighted by Gasteiger charge is 2.42. The summed E-state index contributed by atoms with van der Waals surface area (Å²) in [7, 11) is 2.98. The van der Waals surface area contributed by atoms with Crippen molar-refractivity contribution >= 4 is 74.0 Å². The smallest absolute Gasteiger partial charge is 0.246 e. The van der Waals surface area contributed by atoms with Crippen molar-refractivity contribution in [2.24, 2.45) is 23.2 Å². The lowest BCUT2D eigenvalue weighted by molar-refractivity contribution is -0.146. The summed E-state index contributed by atoms with van der Waals surface area (Å²) in [6.07, 6.45) is 1.58. The second kappa shape index (κ2) is 30.0. The van der Waals surface area contributed by atoms with Gasteiger partial charge in [-0.2, -0.15) is 0 Å². The third-order valence-corrected chi connectivity index (χ3v) is 12.6. The molecule has 2 aromatic rings. The number of thioether (sulfide) groups is 1. The van der Waals surface area contributed by atoms with Gasteiger partial charge in [0.2, 0.25) is 35.4 Å². The largest absolute Gasteiger partial charge is 0.507 e. The Morgan fingerprint density at radius 1 is 0.941 bits per heavy atom. The number of amides is 6. The number of ketones is 1. The van der Waals surface area contributed by atoms with E-state index >= 15 is 0 Å². The van der Waals surface area contributed by atoms with Gasteiger partial charge in [0.25, 0.3) is 0 Å². The number of aryl methyl sites for hydroxylation is 1. The normalized spacial score (nSPS) is 15.6. The lowest BCUT2D eigenvalue weighted by Gasteiger charge is -2.35. The van der Waals surface area contributed by atoms with E-state index in [0.29, 0.717) is 42.4 Å². The number of rotatable bonds is 19. The van der Waals surface area contributed by atoms with Crippen LogP contribution in [0.4, 0.5) is 0 Å². The van der Waals surface area contributed by atoms with Crippen molar-refractivity contribution in [2.45, 2.75) is 127 Å². The van der Waals surface area contributed by atoms with Crippen molar-refractivity contribution in [1.29, 1.82) is 5.41 Å². The highest BCUT2D eigenvalue weighted by Crippen LogP contribution is 2.31. The van der Waals surface area contributed by atoms with Gasteiger partial charge in [0.1, 0.15) is 17.8 Å². The lowest BCUT2D eigenvalue weighted by Crippen LogP contribution is -2.57. The van der Waals surface area contributed by atoms with Gasteiger partial charge in [-0.25, -0.2) is 0 Å². The van der Waals surface area contributed by atoms with Crippen LogP contribution in [0.2, 0.25) is 0 Å². The SMILES string of the molecule is CC(C)C.CCCN(CC(=O)CC)C(=O)CN(C)C(=O)CNC(=O)[C@H](C)CSC(=N)[C@@H]1CC(C)CN1C(=O)C(Cc1ccc(O)c(Br)c1)N(C)C(=O)[C@H](C)NC(=O)C(C)(C)C.Cc1ccccc1. The monoisotopic (exact) mass is 1030 g/mol. The Labute approximate surface area is 418 Å². The number of phenols is 1. The fourth-order valence-corrected chi connectivity index (χ4v) is 8.05. The second-order valence-corrected chi connectivity index (χ2v) is 21.3. The minimum Gasteiger partial charge on any atom is -0.507 e. The van der Waals surface area contributed by atoms with Crippen molar-refractivity contribution in [3.05, 3.63) is 64.1 Å². The minimum absolute atomic E-state index is 0.00883. The van der Waals surface area contributed by atoms with Gasteiger partial charge < -0.3 is 35.3 Å². The Bertz CT molecular complexity index is 1990. The fraction of sp³-hybridized carbons (Fsp3) is 0.608. The summed E-state index contributed by atoms with van der Waals surface area (Å²) < 4.78 is 0.428. The van der Waals surface area contributed by atoms with Gasteiger partial charge >= 0.3 is 0 Å². The molecule has 1 heterocycles. The molecule has 15 nitrogen and oxygen atoms in total. The lowest BCUT2D eigenvalue weighted by atomic mass is 9.95. The number of aromatic hydroxyl groups is 1. The Kier molecular flexibility index (Phi) is 27.0. The maximum atomic E-state index is 14.5. The van der Waals surface area contributed by atoms with E-state index < -0.39 is 47.2 Å². The summed E-state index contributed by atoms with van der Waals surface area (Å²) in [5, 5.41) is 24.6. The topological polar surface area (TPSA) is 201 Å². The number of hydrogen-bond donors (Lipinski definition) is 4. The van der Waals surface area contributed by atoms with Crippen molar-refractivity contribution in [3.63, 3.8) is 0 Å². The van der Waals surface area contributed by atoms with Gasteiger partial charge in [0, 0.05) is 57.1 Å². The molecule has 0 aliphatic carbocycles. The van der Waals surface area contributed by atoms with E-state index in [2.05, 4.69) is 66.4 Å². The first kappa shape index (κ1) is 61.2. The van der Waals surface area contributed by atoms with E-state index in [1.807, 2.05) is 32.0 Å². The van der Waals surface area contributed by atoms with E-state index in [9.17, 15) is 38.7 Å². The van der Waals surface area contributed by atoms with Crippen LogP contribution in [0.5, 0.6) is 5.75 Å². The van der Waals surface area contributed by atoms with Crippen LogP contribution in [0.1, 0.15) is 107 Å². The summed E-state index contributed by atoms with van der Waals surface area (Å²) in [5.41, 5.74) is 1.26. The first-order valence-electron chi connectivity index (χ1n) is 23.5. The van der Waals surface area contributed by atoms with Crippen LogP contribution < -0.4 is 10.6 Å². The average Bonchev–Trinajstić information content (AvgIpc) is 3.67. The summed E-state index contributed by atoms with van der Waals surface area (Å²) in [6, 6.07) is 12.6. The van der Waals surface area contributed by atoms with Gasteiger partial charge in [-0.3, -0.25) is 39.0 Å². The van der Waals surface area contributed by atoms with Crippen LogP contribution in [0.3, 0.4) is 0 Å². The average molecular weight is 1030 g/mol. The third kappa shape index (κ3) is 21.7. The molecule has 0 aromatic heterocycles. The number of nitrogens with one attached hydrogen (secondary N) is 3. The Morgan fingerprint density at radius 3 is 2.06 bits per heavy atom. The first-order valence-corrected chi connectivity index (χ1v) is 25.3. The Morgan fingerprint density at radius 2 is 1.54 bits per heavy atom. The molecule has 4 N–H and O–H groups in total. The predicted octanol–water partition coefficient (Wildman–Crippen LogP) is 7.11. The molecule has 0 spiro atoms. The molecule has 17 heteroatoms. The van der Waals surface area contributed by atoms with E-state index in [1.165, 1.54) is 40.4 Å². The summed E-state index contributed by atoms with van der Waals surface area (Å²) in [4.78, 5) is 97.0. The number of phenolic OH excluding ortho intramolecular Hbond substituents is 1. The fourth-order valence-electron chi connectivity index (χ4n) is 6.62. The molecular weight excluding hydrogens is 951 g/mol. The molecule has 5 atom stereocenters. The van der Waals surface area contributed by atoms with E-state index in [1.54, 1.807) is 58.6 Å². The predicted molar refractivity (Wildman–Crippen MR) is 276 cm³/mol. The van der Waals surface area contributed by atoms with Gasteiger partial charge in [-0.15, -0.1) is 11.8 Å². The van der Waals surface area contributed by atoms with Gasteiger partial charge in [0.15, 0.2) is 5.78 Å². The molecule has 3 rings (SSSR count). The summed E-state index contributed by atoms with van der Waals surface area (Å²) in [6.45, 7) is 22.8. The number of likely N-dealkylation sites (N-methyl/N-ethyl adjacent to an activating group) is 2. The summed E-state index contributed by atoms with van der Waals surface area (Å²) >= 11 is 4.46. The molecule has 1 aliphatic rings. The van der Waals surface area contributed by atoms with E-state index in [0.717, 1.165) is 17.7 Å². The van der Waals surface area contributed by atoms with Crippen LogP contribution in [-0.4, -0.2) is 142 Å². The number of carbonyl (C=O) groups is 7. The molecule has 380 valence electrons. The molecule has 1 saturated heterocycles. The number of likely N-dealkylation sites (tertiary alicyclic amines) is 1. The Hall–Kier alpha value is -4.77. The molecule has 0 radical (unpaired) electrons. The van der Waals surface area contributed by atoms with Crippen molar-refractivity contribution in [3.8, 4) is 5.75 Å². The minimum atomic E-state index is -1.00. The van der Waals surface area contributed by atoms with E-state index in [4.69, 9.17) is 5.41 Å². The molecule has 2 aromatic carbocycles. The highest BCUT2D eigenvalue weighted by atomic mass is 79.9. The molecule has 2 unspecified atom stereocenters. The van der Waals surface area contributed by atoms with Crippen LogP contribution in [0, 0.1) is 35.5 Å². The number of nitrogens with zero attached hydrogens (tertiary/aromatic N) is 4. The quantitative estimate of drug-likeness (QED) is 0.0837. The van der Waals surface area contributed by atoms with Crippen LogP contribution in [-0.2, 0) is 40.0 Å². The maximum Gasteiger partial charge on any atom is 0.246 e. The Balaban J connectivity index is 0.00000185. The molecule has 0 bridgehead atoms. The first-order chi connectivity index (χ1) is 31.6. The third-order valence-electron chi connectivity index (χ3n) is 10.7. The van der Waals surface area contributed by atoms with Gasteiger partial charge in [-0.05, 0) is 72.2 Å². The number of benzene rings is 2. The number of hydrogen-bond acceptors (Lipinski definition) is 10. The molecule has 0 saturated carbocycles. The second-order valence-electron chi connectivity index (χ2n) is 19.4. The molecule has 68 heavy (non-hydrogen) atoms. The van der Waals surface area contributed by atoms with Crippen molar-refractivity contribution in [1.82, 2.24) is 30.2 Å². The number of carbonyl (C=O) groups excluding carboxylic acids is 7. The standard InChI is InChI=1S/C40H62BrN7O8S.C7H8.C4H10/c1-11-15-47(21-28(49)12-2)34(52)22-45(9)33(51)19-43-36(53)25(4)23-57-35(42)30-16-24(3)20-48(30)38(55)31(18-27-13-14-32(50)29(41)17-27)46(10)37(54)26(5)44-39(56)40(6,7)8;1-7-5-3-2-4-6-7;1-4(2)3/h13-14,17,24-26,30-31,42,50H,11-12,15-16,18-23H2,1-10H3,(H,43,53)(H,44,56);2-6H,1H3;4H,1-3H3/t24?,25-,26+,30+,31?;;/m1../s1. The highest BCUT2D eigenvalue weighted by molar-refractivity contribution is 9.10. The van der Waals surface area contributed by atoms with Crippen molar-refractivity contribution in [2.75, 3.05) is 52.6 Å². The molecule has 1 aliphatic heterocycles. The maximum absolute atomic E-state index is 14.5. The van der Waals surface area contributed by atoms with Gasteiger partial charge in [-0.1, -0.05) is 111 Å². The van der Waals surface area contributed by atoms with Gasteiger partial charge in [0.05, 0.1) is 35.2 Å². The van der Waals surface area contributed by atoms with Crippen LogP contribution >= 0.6 is 27.7 Å². The number of halogens is 1. The molecule has 6 amide bonds. The van der Waals surface area contributed by atoms with Crippen LogP contribution in [0.15, 0.2) is 53.0 Å². The zero-order valence-corrected chi connectivity index (χ0v) is 45.4. The van der Waals surface area contributed by atoms with Crippen LogP contribution in [0.25, 0.3) is 0 Å². The zero-order chi connectivity index (χ0) is 52.1. The molecular formula is C51H80BrN7O8S. The molecule has 1 fully saturated rings. The summed E-state index contributed by atoms with van der Waals surface area (Å²) in [5.74, 6) is -1.96. The van der Waals surface area contributed by atoms with Crippen molar-refractivity contribution < 1.29 is 38.7 Å². The van der Waals surface area contributed by atoms with E-state index in [-0.39, 0.29) is 72.0 Å². The number of Topliss-reactive ketones (excluding diaryl/α,β-unsaturated/α-hetero) is 1.